The largest absolute Gasteiger partial charge is 0.331 e. The molecule has 0 radical (unpaired) electrons. The van der Waals surface area contributed by atoms with Gasteiger partial charge in [-0.15, -0.1) is 0 Å². The summed E-state index contributed by atoms with van der Waals surface area (Å²) in [6, 6.07) is 12.2. The molecule has 1 fully saturated rings. The number of imidazole rings is 1. The Morgan fingerprint density at radius 3 is 2.78 bits per heavy atom. The minimum absolute atomic E-state index is 0.0980. The maximum absolute atomic E-state index is 12.7. The number of hydrogen-bond acceptors (Lipinski definition) is 3. The molecule has 3 aromatic rings. The molecule has 1 N–H and O–H groups in total. The molecule has 27 heavy (non-hydrogen) atoms. The van der Waals surface area contributed by atoms with Gasteiger partial charge in [0.25, 0.3) is 0 Å². The Bertz CT molecular complexity index is 1080. The van der Waals surface area contributed by atoms with Gasteiger partial charge >= 0.3 is 5.69 Å². The summed E-state index contributed by atoms with van der Waals surface area (Å²) < 4.78 is 1.79. The van der Waals surface area contributed by atoms with Crippen molar-refractivity contribution in [3.8, 4) is 5.69 Å². The molecule has 0 saturated carbocycles. The van der Waals surface area contributed by atoms with Crippen molar-refractivity contribution in [2.24, 2.45) is 4.99 Å². The number of nitrogens with zero attached hydrogens (tertiary/aromatic N) is 3. The van der Waals surface area contributed by atoms with Gasteiger partial charge in [-0.25, -0.2) is 4.79 Å². The molecule has 0 amide bonds. The van der Waals surface area contributed by atoms with Crippen LogP contribution in [-0.2, 0) is 0 Å². The molecule has 5 rings (SSSR count). The Labute approximate surface area is 158 Å². The summed E-state index contributed by atoms with van der Waals surface area (Å²) in [6.07, 6.45) is 5.42. The molecule has 2 aromatic carbocycles. The minimum Gasteiger partial charge on any atom is -0.305 e. The molecule has 3 heterocycles. The van der Waals surface area contributed by atoms with Crippen LogP contribution in [0.4, 0.5) is 5.69 Å². The van der Waals surface area contributed by atoms with E-state index in [9.17, 15) is 4.79 Å². The highest BCUT2D eigenvalue weighted by molar-refractivity contribution is 6.00. The highest BCUT2D eigenvalue weighted by Crippen LogP contribution is 2.39. The lowest BCUT2D eigenvalue weighted by atomic mass is 9.88. The van der Waals surface area contributed by atoms with Gasteiger partial charge in [0.05, 0.1) is 22.4 Å². The number of benzene rings is 2. The van der Waals surface area contributed by atoms with Crippen molar-refractivity contribution in [1.29, 1.82) is 0 Å². The van der Waals surface area contributed by atoms with Crippen molar-refractivity contribution < 1.29 is 0 Å². The Balaban J connectivity index is 1.61. The molecule has 0 spiro atoms. The zero-order chi connectivity index (χ0) is 18.4. The monoisotopic (exact) mass is 360 g/mol. The fourth-order valence-corrected chi connectivity index (χ4v) is 4.64. The van der Waals surface area contributed by atoms with E-state index in [4.69, 9.17) is 4.99 Å². The second-order valence-electron chi connectivity index (χ2n) is 7.60. The minimum atomic E-state index is -0.0980. The first kappa shape index (κ1) is 16.5. The van der Waals surface area contributed by atoms with Crippen molar-refractivity contribution in [3.63, 3.8) is 0 Å². The van der Waals surface area contributed by atoms with Gasteiger partial charge in [0.15, 0.2) is 0 Å². The maximum atomic E-state index is 12.7. The molecule has 1 aromatic heterocycles. The van der Waals surface area contributed by atoms with Crippen LogP contribution in [0.5, 0.6) is 0 Å². The summed E-state index contributed by atoms with van der Waals surface area (Å²) in [4.78, 5) is 23.1. The van der Waals surface area contributed by atoms with Gasteiger partial charge in [-0.2, -0.15) is 0 Å². The van der Waals surface area contributed by atoms with Crippen LogP contribution in [0.3, 0.4) is 0 Å². The molecule has 5 nitrogen and oxygen atoms in total. The van der Waals surface area contributed by atoms with Crippen molar-refractivity contribution in [2.45, 2.75) is 32.1 Å². The fraction of sp³-hybridized carbons (Fsp3) is 0.364. The quantitative estimate of drug-likeness (QED) is 0.601. The maximum Gasteiger partial charge on any atom is 0.331 e. The van der Waals surface area contributed by atoms with Gasteiger partial charge in [0, 0.05) is 11.8 Å². The standard InChI is InChI=1S/C22H24N4O/c1-2-11-25-12-9-15(10-13-25)17-6-4-8-19-20(17)23-14-16-5-3-7-18-21(16)26(19)22(27)24-18/h3-8,14-15H,2,9-13H2,1H3,(H,24,27). The Kier molecular flexibility index (Phi) is 3.97. The second-order valence-corrected chi connectivity index (χ2v) is 7.60. The predicted octanol–water partition coefficient (Wildman–Crippen LogP) is 3.97. The molecule has 0 aliphatic carbocycles. The molecule has 0 unspecified atom stereocenters. The lowest BCUT2D eigenvalue weighted by molar-refractivity contribution is 0.213. The van der Waals surface area contributed by atoms with Crippen LogP contribution in [0, 0.1) is 0 Å². The van der Waals surface area contributed by atoms with E-state index in [-0.39, 0.29) is 5.69 Å². The van der Waals surface area contributed by atoms with Crippen LogP contribution in [0.15, 0.2) is 46.2 Å². The summed E-state index contributed by atoms with van der Waals surface area (Å²) in [5.41, 5.74) is 5.76. The first-order chi connectivity index (χ1) is 13.3. The van der Waals surface area contributed by atoms with Crippen molar-refractivity contribution >= 4 is 22.9 Å². The highest BCUT2D eigenvalue weighted by atomic mass is 16.1. The summed E-state index contributed by atoms with van der Waals surface area (Å²) >= 11 is 0. The van der Waals surface area contributed by atoms with Crippen molar-refractivity contribution in [3.05, 3.63) is 58.0 Å². The summed E-state index contributed by atoms with van der Waals surface area (Å²) in [5.74, 6) is 0.497. The topological polar surface area (TPSA) is 53.4 Å². The number of hydrogen-bond donors (Lipinski definition) is 1. The van der Waals surface area contributed by atoms with Crippen LogP contribution in [0.25, 0.3) is 16.7 Å². The Morgan fingerprint density at radius 2 is 1.96 bits per heavy atom. The number of rotatable bonds is 3. The van der Waals surface area contributed by atoms with Crippen LogP contribution in [0.1, 0.15) is 43.2 Å². The van der Waals surface area contributed by atoms with E-state index in [0.29, 0.717) is 5.92 Å². The van der Waals surface area contributed by atoms with Crippen LogP contribution < -0.4 is 5.69 Å². The number of para-hydroxylation sites is 2. The van der Waals surface area contributed by atoms with Crippen molar-refractivity contribution in [2.75, 3.05) is 19.6 Å². The second kappa shape index (κ2) is 6.50. The van der Waals surface area contributed by atoms with Gasteiger partial charge in [-0.3, -0.25) is 9.56 Å². The first-order valence-electron chi connectivity index (χ1n) is 9.89. The molecule has 0 atom stereocenters. The van der Waals surface area contributed by atoms with Gasteiger partial charge in [0.2, 0.25) is 0 Å². The van der Waals surface area contributed by atoms with Crippen LogP contribution in [0.2, 0.25) is 0 Å². The van der Waals surface area contributed by atoms with E-state index in [1.54, 1.807) is 4.57 Å². The lowest BCUT2D eigenvalue weighted by Gasteiger charge is -2.32. The van der Waals surface area contributed by atoms with Gasteiger partial charge < -0.3 is 9.88 Å². The Hall–Kier alpha value is -2.66. The average molecular weight is 360 g/mol. The summed E-state index contributed by atoms with van der Waals surface area (Å²) in [6.45, 7) is 5.70. The van der Waals surface area contributed by atoms with Gasteiger partial charge in [-0.05, 0) is 62.5 Å². The van der Waals surface area contributed by atoms with Crippen LogP contribution in [-0.4, -0.2) is 40.3 Å². The molecular formula is C22H24N4O. The molecule has 5 heteroatoms. The third-order valence-electron chi connectivity index (χ3n) is 5.92. The summed E-state index contributed by atoms with van der Waals surface area (Å²) in [7, 11) is 0. The third-order valence-corrected chi connectivity index (χ3v) is 5.92. The molecular weight excluding hydrogens is 336 g/mol. The van der Waals surface area contributed by atoms with E-state index >= 15 is 0 Å². The lowest BCUT2D eigenvalue weighted by Crippen LogP contribution is -2.33. The SMILES string of the molecule is CCCN1CCC(c2cccc3c2N=Cc2cccc4[nH]c(=O)n-3c24)CC1. The van der Waals surface area contributed by atoms with E-state index in [0.717, 1.165) is 53.9 Å². The Morgan fingerprint density at radius 1 is 1.15 bits per heavy atom. The van der Waals surface area contributed by atoms with E-state index < -0.39 is 0 Å². The molecule has 2 aliphatic heterocycles. The third kappa shape index (κ3) is 2.65. The normalized spacial score (nSPS) is 17.2. The number of fused-ring (bicyclic) bond motifs is 2. The van der Waals surface area contributed by atoms with Gasteiger partial charge in [-0.1, -0.05) is 31.2 Å². The molecule has 138 valence electrons. The first-order valence-corrected chi connectivity index (χ1v) is 9.89. The number of H-pyrrole nitrogens is 1. The number of aromatic amines is 1. The average Bonchev–Trinajstić information content (AvgIpc) is 2.92. The molecule has 1 saturated heterocycles. The zero-order valence-corrected chi connectivity index (χ0v) is 15.6. The number of aromatic nitrogens is 2. The van der Waals surface area contributed by atoms with E-state index in [1.807, 2.05) is 30.5 Å². The zero-order valence-electron chi connectivity index (χ0n) is 15.6. The number of nitrogens with one attached hydrogen (secondary N) is 1. The van der Waals surface area contributed by atoms with E-state index in [2.05, 4.69) is 28.9 Å². The van der Waals surface area contributed by atoms with Crippen molar-refractivity contribution in [1.82, 2.24) is 14.5 Å². The van der Waals surface area contributed by atoms with Gasteiger partial charge in [0.1, 0.15) is 0 Å². The number of aliphatic imine (C=N–C) groups is 1. The number of likely N-dealkylation sites (tertiary alicyclic amines) is 1. The molecule has 0 bridgehead atoms. The molecule has 2 aliphatic rings. The highest BCUT2D eigenvalue weighted by Gasteiger charge is 2.25. The fourth-order valence-electron chi connectivity index (χ4n) is 4.64. The smallest absolute Gasteiger partial charge is 0.305 e. The summed E-state index contributed by atoms with van der Waals surface area (Å²) in [5, 5.41) is 0. The van der Waals surface area contributed by atoms with E-state index in [1.165, 1.54) is 18.5 Å². The van der Waals surface area contributed by atoms with Crippen LogP contribution >= 0.6 is 0 Å². The number of piperidine rings is 1. The predicted molar refractivity (Wildman–Crippen MR) is 110 cm³/mol.